The molecule has 0 fully saturated rings. The van der Waals surface area contributed by atoms with Crippen LogP contribution in [0.15, 0.2) is 6.20 Å². The van der Waals surface area contributed by atoms with Gasteiger partial charge in [-0.1, -0.05) is 20.3 Å². The number of hydrogen-bond donors (Lipinski definition) is 1. The fourth-order valence-corrected chi connectivity index (χ4v) is 3.61. The number of carbonyl (C=O) groups is 1. The lowest BCUT2D eigenvalue weighted by Gasteiger charge is -2.10. The van der Waals surface area contributed by atoms with E-state index < -0.39 is 15.8 Å². The quantitative estimate of drug-likeness (QED) is 0.838. The number of rotatable bonds is 6. The minimum Gasteiger partial charge on any atom is -0.478 e. The van der Waals surface area contributed by atoms with Crippen molar-refractivity contribution in [2.75, 3.05) is 5.75 Å². The zero-order valence-corrected chi connectivity index (χ0v) is 11.6. The second-order valence-corrected chi connectivity index (χ2v) is 6.61. The molecule has 0 aromatic carbocycles. The number of aromatic carboxylic acids is 1. The van der Waals surface area contributed by atoms with Crippen molar-refractivity contribution in [3.8, 4) is 0 Å². The lowest BCUT2D eigenvalue weighted by atomic mass is 10.2. The van der Waals surface area contributed by atoms with Gasteiger partial charge in [0.05, 0.1) is 23.4 Å². The second-order valence-electron chi connectivity index (χ2n) is 4.50. The van der Waals surface area contributed by atoms with Crippen LogP contribution in [-0.4, -0.2) is 35.0 Å². The molecule has 1 heterocycles. The molecule has 1 atom stereocenters. The van der Waals surface area contributed by atoms with E-state index >= 15 is 0 Å². The Balaban J connectivity index is 2.97. The summed E-state index contributed by atoms with van der Waals surface area (Å²) in [7, 11) is -1.78. The van der Waals surface area contributed by atoms with Crippen molar-refractivity contribution in [2.24, 2.45) is 13.0 Å². The Morgan fingerprint density at radius 1 is 1.56 bits per heavy atom. The highest BCUT2D eigenvalue weighted by atomic mass is 32.2. The van der Waals surface area contributed by atoms with Crippen LogP contribution in [0.25, 0.3) is 0 Å². The monoisotopic (exact) mass is 274 g/mol. The van der Waals surface area contributed by atoms with Gasteiger partial charge >= 0.3 is 5.97 Å². The van der Waals surface area contributed by atoms with Gasteiger partial charge in [0.1, 0.15) is 5.56 Å². The first-order valence-corrected chi connectivity index (χ1v) is 7.53. The van der Waals surface area contributed by atoms with Crippen molar-refractivity contribution < 1.29 is 18.3 Å². The molecular weight excluding hydrogens is 256 g/mol. The first-order valence-electron chi connectivity index (χ1n) is 5.71. The summed E-state index contributed by atoms with van der Waals surface area (Å²) in [6, 6.07) is 0. The predicted octanol–water partition coefficient (Wildman–Crippen LogP) is 1.08. The molecule has 102 valence electrons. The van der Waals surface area contributed by atoms with Gasteiger partial charge < -0.3 is 5.11 Å². The molecule has 0 spiro atoms. The van der Waals surface area contributed by atoms with E-state index in [9.17, 15) is 13.2 Å². The van der Waals surface area contributed by atoms with Crippen molar-refractivity contribution in [3.05, 3.63) is 17.5 Å². The molecule has 0 aliphatic rings. The molecule has 7 heteroatoms. The molecule has 18 heavy (non-hydrogen) atoms. The average molecular weight is 274 g/mol. The van der Waals surface area contributed by atoms with Crippen molar-refractivity contribution in [1.29, 1.82) is 0 Å². The van der Waals surface area contributed by atoms with Gasteiger partial charge in [-0.2, -0.15) is 5.10 Å². The summed E-state index contributed by atoms with van der Waals surface area (Å²) in [5.41, 5.74) is 0.177. The molecule has 1 rings (SSSR count). The molecule has 0 saturated carbocycles. The van der Waals surface area contributed by atoms with Crippen LogP contribution in [0.5, 0.6) is 0 Å². The molecule has 0 radical (unpaired) electrons. The average Bonchev–Trinajstić information content (AvgIpc) is 2.59. The SMILES string of the molecule is CCC(C)CS(=O)(=O)Cc1c(C(=O)O)cnn1C. The van der Waals surface area contributed by atoms with Gasteiger partial charge in [0, 0.05) is 7.05 Å². The number of aromatic nitrogens is 2. The van der Waals surface area contributed by atoms with E-state index in [-0.39, 0.29) is 28.7 Å². The van der Waals surface area contributed by atoms with Gasteiger partial charge in [-0.05, 0) is 5.92 Å². The normalized spacial score (nSPS) is 13.5. The third-order valence-corrected chi connectivity index (χ3v) is 4.67. The highest BCUT2D eigenvalue weighted by Gasteiger charge is 2.22. The summed E-state index contributed by atoms with van der Waals surface area (Å²) in [6.07, 6.45) is 1.95. The number of nitrogens with zero attached hydrogens (tertiary/aromatic N) is 2. The molecule has 0 amide bonds. The summed E-state index contributed by atoms with van der Waals surface area (Å²) in [4.78, 5) is 11.0. The Hall–Kier alpha value is -1.37. The highest BCUT2D eigenvalue weighted by molar-refractivity contribution is 7.90. The fraction of sp³-hybridized carbons (Fsp3) is 0.636. The highest BCUT2D eigenvalue weighted by Crippen LogP contribution is 2.15. The minimum absolute atomic E-state index is 0.0507. The number of sulfone groups is 1. The Morgan fingerprint density at radius 2 is 2.17 bits per heavy atom. The zero-order chi connectivity index (χ0) is 13.9. The van der Waals surface area contributed by atoms with E-state index in [1.54, 1.807) is 7.05 Å². The minimum atomic E-state index is -3.32. The zero-order valence-electron chi connectivity index (χ0n) is 10.8. The second kappa shape index (κ2) is 5.51. The van der Waals surface area contributed by atoms with Crippen LogP contribution in [0.2, 0.25) is 0 Å². The number of carboxylic acid groups (broad SMARTS) is 1. The summed E-state index contributed by atoms with van der Waals surface area (Å²) in [6.45, 7) is 3.78. The molecular formula is C11H18N2O4S. The van der Waals surface area contributed by atoms with Gasteiger partial charge in [0.25, 0.3) is 0 Å². The largest absolute Gasteiger partial charge is 0.478 e. The lowest BCUT2D eigenvalue weighted by molar-refractivity contribution is 0.0696. The molecule has 0 aliphatic heterocycles. The van der Waals surface area contributed by atoms with Crippen molar-refractivity contribution >= 4 is 15.8 Å². The van der Waals surface area contributed by atoms with E-state index in [2.05, 4.69) is 5.10 Å². The summed E-state index contributed by atoms with van der Waals surface area (Å²) in [5.74, 6) is -1.31. The topological polar surface area (TPSA) is 89.3 Å². The molecule has 1 N–H and O–H groups in total. The Bertz CT molecular complexity index is 533. The van der Waals surface area contributed by atoms with Crippen molar-refractivity contribution in [1.82, 2.24) is 9.78 Å². The summed E-state index contributed by atoms with van der Waals surface area (Å²) < 4.78 is 25.2. The number of aryl methyl sites for hydroxylation is 1. The maximum atomic E-state index is 12.0. The van der Waals surface area contributed by atoms with Crippen LogP contribution in [0.1, 0.15) is 36.3 Å². The molecule has 6 nitrogen and oxygen atoms in total. The maximum absolute atomic E-state index is 12.0. The van der Waals surface area contributed by atoms with E-state index in [0.717, 1.165) is 6.42 Å². The first-order chi connectivity index (χ1) is 8.26. The first kappa shape index (κ1) is 14.7. The van der Waals surface area contributed by atoms with E-state index in [0.29, 0.717) is 0 Å². The van der Waals surface area contributed by atoms with Crippen LogP contribution in [0.4, 0.5) is 0 Å². The third-order valence-electron chi connectivity index (χ3n) is 2.88. The van der Waals surface area contributed by atoms with Crippen molar-refractivity contribution in [2.45, 2.75) is 26.0 Å². The van der Waals surface area contributed by atoms with Gasteiger partial charge in [0.2, 0.25) is 0 Å². The number of hydrogen-bond acceptors (Lipinski definition) is 4. The molecule has 0 aliphatic carbocycles. The molecule has 1 aromatic rings. The lowest BCUT2D eigenvalue weighted by Crippen LogP contribution is -2.18. The standard InChI is InChI=1S/C11H18N2O4S/c1-4-8(2)6-18(16,17)7-10-9(11(14)15)5-12-13(10)3/h5,8H,4,6-7H2,1-3H3,(H,14,15). The number of carboxylic acids is 1. The van der Waals surface area contributed by atoms with Crippen molar-refractivity contribution in [3.63, 3.8) is 0 Å². The maximum Gasteiger partial charge on any atom is 0.339 e. The van der Waals surface area contributed by atoms with Crippen LogP contribution >= 0.6 is 0 Å². The van der Waals surface area contributed by atoms with E-state index in [1.807, 2.05) is 13.8 Å². The molecule has 0 saturated heterocycles. The van der Waals surface area contributed by atoms with Crippen LogP contribution in [0, 0.1) is 5.92 Å². The Morgan fingerprint density at radius 3 is 2.67 bits per heavy atom. The van der Waals surface area contributed by atoms with Gasteiger partial charge in [0.15, 0.2) is 9.84 Å². The van der Waals surface area contributed by atoms with Crippen LogP contribution in [-0.2, 0) is 22.6 Å². The molecule has 1 aromatic heterocycles. The van der Waals surface area contributed by atoms with Crippen LogP contribution in [0.3, 0.4) is 0 Å². The molecule has 0 bridgehead atoms. The van der Waals surface area contributed by atoms with E-state index in [4.69, 9.17) is 5.11 Å². The smallest absolute Gasteiger partial charge is 0.339 e. The van der Waals surface area contributed by atoms with Gasteiger partial charge in [-0.3, -0.25) is 4.68 Å². The summed E-state index contributed by atoms with van der Waals surface area (Å²) in [5, 5.41) is 12.7. The Labute approximate surface area is 107 Å². The fourth-order valence-electron chi connectivity index (χ4n) is 1.63. The van der Waals surface area contributed by atoms with Gasteiger partial charge in [-0.15, -0.1) is 0 Å². The summed E-state index contributed by atoms with van der Waals surface area (Å²) >= 11 is 0. The third kappa shape index (κ3) is 3.56. The molecule has 1 unspecified atom stereocenters. The van der Waals surface area contributed by atoms with E-state index in [1.165, 1.54) is 10.9 Å². The van der Waals surface area contributed by atoms with Gasteiger partial charge in [-0.25, -0.2) is 13.2 Å². The van der Waals surface area contributed by atoms with Crippen LogP contribution < -0.4 is 0 Å². The predicted molar refractivity (Wildman–Crippen MR) is 67.1 cm³/mol. The Kier molecular flexibility index (Phi) is 4.50.